The van der Waals surface area contributed by atoms with Crippen molar-refractivity contribution in [3.05, 3.63) is 106 Å². The Morgan fingerprint density at radius 3 is 2.16 bits per heavy atom. The first kappa shape index (κ1) is 19.2. The van der Waals surface area contributed by atoms with Crippen LogP contribution in [0.2, 0.25) is 0 Å². The van der Waals surface area contributed by atoms with Crippen molar-refractivity contribution in [3.63, 3.8) is 0 Å². The molecule has 0 saturated heterocycles. The number of aromatic nitrogens is 3. The molecule has 0 amide bonds. The monoisotopic (exact) mass is 419 g/mol. The SMILES string of the molecule is O=c1ccn2c(c1O)-c1ncc(C(F)F)n1C[C@@H]2C(c1ccccc1)c1ccccc1. The molecule has 1 aliphatic heterocycles. The molecule has 1 N–H and O–H groups in total. The van der Waals surface area contributed by atoms with E-state index in [0.29, 0.717) is 0 Å². The maximum absolute atomic E-state index is 13.7. The molecule has 2 aromatic heterocycles. The number of pyridine rings is 1. The summed E-state index contributed by atoms with van der Waals surface area (Å²) in [5, 5.41) is 10.6. The average molecular weight is 419 g/mol. The van der Waals surface area contributed by atoms with Crippen LogP contribution in [-0.4, -0.2) is 19.2 Å². The fourth-order valence-electron chi connectivity index (χ4n) is 4.48. The van der Waals surface area contributed by atoms with E-state index in [2.05, 4.69) is 4.98 Å². The van der Waals surface area contributed by atoms with Crippen molar-refractivity contribution >= 4 is 0 Å². The van der Waals surface area contributed by atoms with Gasteiger partial charge in [-0.15, -0.1) is 0 Å². The number of hydrogen-bond donors (Lipinski definition) is 1. The van der Waals surface area contributed by atoms with Crippen LogP contribution in [0.5, 0.6) is 5.75 Å². The summed E-state index contributed by atoms with van der Waals surface area (Å²) in [4.78, 5) is 16.3. The molecule has 1 aliphatic rings. The lowest BCUT2D eigenvalue weighted by atomic mass is 9.83. The minimum atomic E-state index is -2.72. The smallest absolute Gasteiger partial charge is 0.280 e. The van der Waals surface area contributed by atoms with Crippen LogP contribution in [0.1, 0.15) is 35.2 Å². The van der Waals surface area contributed by atoms with Crippen molar-refractivity contribution in [1.82, 2.24) is 14.1 Å². The Bertz CT molecular complexity index is 1240. The zero-order valence-electron chi connectivity index (χ0n) is 16.4. The van der Waals surface area contributed by atoms with Crippen LogP contribution in [0.3, 0.4) is 0 Å². The Morgan fingerprint density at radius 2 is 1.58 bits per heavy atom. The van der Waals surface area contributed by atoms with Crippen LogP contribution < -0.4 is 5.43 Å². The van der Waals surface area contributed by atoms with E-state index < -0.39 is 17.6 Å². The number of benzene rings is 2. The number of imidazole rings is 1. The van der Waals surface area contributed by atoms with Gasteiger partial charge in [0.25, 0.3) is 6.43 Å². The maximum atomic E-state index is 13.7. The summed E-state index contributed by atoms with van der Waals surface area (Å²) in [7, 11) is 0. The van der Waals surface area contributed by atoms with Crippen molar-refractivity contribution in [2.45, 2.75) is 24.9 Å². The van der Waals surface area contributed by atoms with Gasteiger partial charge < -0.3 is 14.2 Å². The Kier molecular flexibility index (Phi) is 4.66. The van der Waals surface area contributed by atoms with E-state index in [0.717, 1.165) is 17.3 Å². The molecule has 0 bridgehead atoms. The first-order chi connectivity index (χ1) is 15.1. The first-order valence-corrected chi connectivity index (χ1v) is 9.94. The van der Waals surface area contributed by atoms with Crippen molar-refractivity contribution in [3.8, 4) is 17.3 Å². The molecule has 0 aliphatic carbocycles. The fraction of sp³-hybridized carbons (Fsp3) is 0.167. The number of aromatic hydroxyl groups is 1. The van der Waals surface area contributed by atoms with Crippen molar-refractivity contribution in [1.29, 1.82) is 0 Å². The van der Waals surface area contributed by atoms with E-state index in [1.165, 1.54) is 10.6 Å². The molecule has 156 valence electrons. The quantitative estimate of drug-likeness (QED) is 0.520. The summed E-state index contributed by atoms with van der Waals surface area (Å²) in [5.74, 6) is -0.523. The number of hydrogen-bond acceptors (Lipinski definition) is 3. The molecule has 5 nitrogen and oxygen atoms in total. The molecule has 3 heterocycles. The minimum Gasteiger partial charge on any atom is -0.503 e. The van der Waals surface area contributed by atoms with Gasteiger partial charge in [-0.25, -0.2) is 13.8 Å². The van der Waals surface area contributed by atoms with Gasteiger partial charge in [0.2, 0.25) is 5.43 Å². The molecule has 2 aromatic carbocycles. The topological polar surface area (TPSA) is 60.1 Å². The standard InChI is InChI=1S/C24H19F2N3O2/c25-23(26)17-13-27-24-21-22(31)19(30)11-12-28(21)18(14-29(17)24)20(15-7-3-1-4-8-15)16-9-5-2-6-10-16/h1-13,18,20,23,31H,14H2/t18-/m1/s1. The number of rotatable bonds is 4. The number of halogens is 2. The Balaban J connectivity index is 1.78. The molecule has 0 fully saturated rings. The van der Waals surface area contributed by atoms with Crippen LogP contribution in [0, 0.1) is 0 Å². The highest BCUT2D eigenvalue weighted by atomic mass is 19.3. The third-order valence-corrected chi connectivity index (χ3v) is 5.85. The van der Waals surface area contributed by atoms with E-state index in [4.69, 9.17) is 0 Å². The molecular weight excluding hydrogens is 400 g/mol. The lowest BCUT2D eigenvalue weighted by Gasteiger charge is -2.36. The van der Waals surface area contributed by atoms with Gasteiger partial charge >= 0.3 is 0 Å². The summed E-state index contributed by atoms with van der Waals surface area (Å²) < 4.78 is 30.7. The van der Waals surface area contributed by atoms with Crippen molar-refractivity contribution in [2.24, 2.45) is 0 Å². The predicted octanol–water partition coefficient (Wildman–Crippen LogP) is 4.74. The van der Waals surface area contributed by atoms with Crippen LogP contribution in [0.15, 0.2) is 83.9 Å². The third-order valence-electron chi connectivity index (χ3n) is 5.85. The maximum Gasteiger partial charge on any atom is 0.280 e. The van der Waals surface area contributed by atoms with Gasteiger partial charge in [0, 0.05) is 24.7 Å². The largest absolute Gasteiger partial charge is 0.503 e. The molecule has 5 rings (SSSR count). The van der Waals surface area contributed by atoms with Crippen molar-refractivity contribution in [2.75, 3.05) is 0 Å². The van der Waals surface area contributed by atoms with Gasteiger partial charge in [-0.1, -0.05) is 60.7 Å². The van der Waals surface area contributed by atoms with Crippen LogP contribution in [0.25, 0.3) is 11.5 Å². The van der Waals surface area contributed by atoms with Gasteiger partial charge in [0.15, 0.2) is 11.6 Å². The molecule has 31 heavy (non-hydrogen) atoms. The summed E-state index contributed by atoms with van der Waals surface area (Å²) in [6, 6.07) is 20.5. The fourth-order valence-corrected chi connectivity index (χ4v) is 4.48. The second-order valence-corrected chi connectivity index (χ2v) is 7.57. The molecule has 7 heteroatoms. The number of nitrogens with zero attached hydrogens (tertiary/aromatic N) is 3. The van der Waals surface area contributed by atoms with Gasteiger partial charge in [-0.05, 0) is 11.1 Å². The molecule has 0 spiro atoms. The summed E-state index contributed by atoms with van der Waals surface area (Å²) in [6.07, 6.45) is 0.00288. The zero-order chi connectivity index (χ0) is 21.5. The molecule has 1 atom stereocenters. The second kappa shape index (κ2) is 7.50. The number of fused-ring (bicyclic) bond motifs is 3. The van der Waals surface area contributed by atoms with E-state index in [1.807, 2.05) is 60.7 Å². The highest BCUT2D eigenvalue weighted by molar-refractivity contribution is 5.62. The average Bonchev–Trinajstić information content (AvgIpc) is 3.22. The highest BCUT2D eigenvalue weighted by Crippen LogP contribution is 2.44. The second-order valence-electron chi connectivity index (χ2n) is 7.57. The number of alkyl halides is 2. The first-order valence-electron chi connectivity index (χ1n) is 9.94. The zero-order valence-corrected chi connectivity index (χ0v) is 16.4. The van der Waals surface area contributed by atoms with Gasteiger partial charge in [0.05, 0.1) is 12.2 Å². The normalized spacial score (nSPS) is 15.2. The van der Waals surface area contributed by atoms with Crippen LogP contribution in [-0.2, 0) is 6.54 Å². The molecule has 0 radical (unpaired) electrons. The summed E-state index contributed by atoms with van der Waals surface area (Å²) in [5.41, 5.74) is 1.36. The van der Waals surface area contributed by atoms with Gasteiger partial charge in [-0.3, -0.25) is 4.79 Å². The summed E-state index contributed by atoms with van der Waals surface area (Å²) in [6.45, 7) is 0.221. The Labute approximate surface area is 176 Å². The lowest BCUT2D eigenvalue weighted by molar-refractivity contribution is 0.138. The van der Waals surface area contributed by atoms with Crippen LogP contribution >= 0.6 is 0 Å². The van der Waals surface area contributed by atoms with Gasteiger partial charge in [-0.2, -0.15) is 0 Å². The van der Waals surface area contributed by atoms with E-state index in [9.17, 15) is 18.7 Å². The van der Waals surface area contributed by atoms with E-state index in [1.54, 1.807) is 10.8 Å². The molecule has 0 unspecified atom stereocenters. The molecule has 0 saturated carbocycles. The van der Waals surface area contributed by atoms with E-state index >= 15 is 0 Å². The van der Waals surface area contributed by atoms with E-state index in [-0.39, 0.29) is 35.7 Å². The van der Waals surface area contributed by atoms with Crippen molar-refractivity contribution < 1.29 is 13.9 Å². The Hall–Kier alpha value is -3.74. The lowest BCUT2D eigenvalue weighted by Crippen LogP contribution is -2.31. The Morgan fingerprint density at radius 1 is 0.968 bits per heavy atom. The predicted molar refractivity (Wildman–Crippen MR) is 112 cm³/mol. The van der Waals surface area contributed by atoms with Crippen LogP contribution in [0.4, 0.5) is 8.78 Å². The highest BCUT2D eigenvalue weighted by Gasteiger charge is 2.36. The molecule has 4 aromatic rings. The summed E-state index contributed by atoms with van der Waals surface area (Å²) >= 11 is 0. The molecular formula is C24H19F2N3O2. The van der Waals surface area contributed by atoms with Gasteiger partial charge in [0.1, 0.15) is 11.4 Å². The minimum absolute atomic E-state index is 0.160. The third kappa shape index (κ3) is 3.13.